The third kappa shape index (κ3) is 3.54. The van der Waals surface area contributed by atoms with Gasteiger partial charge in [0.15, 0.2) is 5.17 Å². The van der Waals surface area contributed by atoms with Crippen LogP contribution in [0.15, 0.2) is 64.5 Å². The van der Waals surface area contributed by atoms with Gasteiger partial charge < -0.3 is 0 Å². The van der Waals surface area contributed by atoms with Crippen molar-refractivity contribution in [3.05, 3.63) is 70.6 Å². The quantitative estimate of drug-likeness (QED) is 0.780. The fourth-order valence-electron chi connectivity index (χ4n) is 2.27. The van der Waals surface area contributed by atoms with E-state index in [4.69, 9.17) is 0 Å². The number of aryl methyl sites for hydroxylation is 1. The molecule has 2 aromatic rings. The lowest BCUT2D eigenvalue weighted by atomic mass is 10.2. The van der Waals surface area contributed by atoms with Gasteiger partial charge in [-0.15, -0.1) is 0 Å². The van der Waals surface area contributed by atoms with Crippen LogP contribution < -0.4 is 0 Å². The second kappa shape index (κ2) is 6.84. The number of hydrogen-bond acceptors (Lipinski definition) is 3. The Morgan fingerprint density at radius 1 is 1.09 bits per heavy atom. The summed E-state index contributed by atoms with van der Waals surface area (Å²) in [7, 11) is 1.76. The van der Waals surface area contributed by atoms with Gasteiger partial charge in [0.05, 0.1) is 10.6 Å². The van der Waals surface area contributed by atoms with Crippen molar-refractivity contribution in [2.75, 3.05) is 7.05 Å². The Bertz CT molecular complexity index is 764. The molecular formula is C19H18N2OS. The lowest BCUT2D eigenvalue weighted by molar-refractivity contribution is -0.121. The molecule has 0 unspecified atom stereocenters. The van der Waals surface area contributed by atoms with Crippen molar-refractivity contribution in [2.45, 2.75) is 13.3 Å². The lowest BCUT2D eigenvalue weighted by Crippen LogP contribution is -2.23. The minimum absolute atomic E-state index is 0.0113. The average Bonchev–Trinajstić information content (AvgIpc) is 2.84. The summed E-state index contributed by atoms with van der Waals surface area (Å²) in [5.41, 5.74) is 3.16. The maximum absolute atomic E-state index is 12.4. The second-order valence-corrected chi connectivity index (χ2v) is 6.31. The number of hydrogen-bond donors (Lipinski definition) is 0. The van der Waals surface area contributed by atoms with Gasteiger partial charge >= 0.3 is 0 Å². The van der Waals surface area contributed by atoms with Crippen LogP contribution >= 0.6 is 11.8 Å². The zero-order valence-corrected chi connectivity index (χ0v) is 14.0. The molecule has 3 rings (SSSR count). The molecule has 0 saturated carbocycles. The van der Waals surface area contributed by atoms with Gasteiger partial charge in [-0.1, -0.05) is 49.4 Å². The highest BCUT2D eigenvalue weighted by molar-refractivity contribution is 8.18. The van der Waals surface area contributed by atoms with E-state index in [0.717, 1.165) is 17.7 Å². The van der Waals surface area contributed by atoms with Gasteiger partial charge in [-0.2, -0.15) is 0 Å². The molecule has 2 aromatic carbocycles. The van der Waals surface area contributed by atoms with Crippen LogP contribution in [0.5, 0.6) is 0 Å². The SMILES string of the molecule is CCc1ccc(N=C2S/C(=C/c3ccccc3)C(=O)N2C)cc1. The predicted octanol–water partition coefficient (Wildman–Crippen LogP) is 4.48. The number of rotatable bonds is 3. The van der Waals surface area contributed by atoms with Crippen molar-refractivity contribution in [1.82, 2.24) is 4.90 Å². The molecule has 23 heavy (non-hydrogen) atoms. The number of nitrogens with zero attached hydrogens (tertiary/aromatic N) is 2. The molecular weight excluding hydrogens is 304 g/mol. The van der Waals surface area contributed by atoms with Gasteiger partial charge in [-0.3, -0.25) is 9.69 Å². The van der Waals surface area contributed by atoms with E-state index in [-0.39, 0.29) is 5.91 Å². The standard InChI is InChI=1S/C19H18N2OS/c1-3-14-9-11-16(12-10-14)20-19-21(2)18(22)17(23-19)13-15-7-5-4-6-8-15/h4-13H,3H2,1-2H3/b17-13+,20-19?. The first kappa shape index (κ1) is 15.6. The summed E-state index contributed by atoms with van der Waals surface area (Å²) in [6.07, 6.45) is 2.92. The van der Waals surface area contributed by atoms with Crippen LogP contribution in [0.2, 0.25) is 0 Å². The van der Waals surface area contributed by atoms with E-state index in [1.807, 2.05) is 48.5 Å². The van der Waals surface area contributed by atoms with E-state index < -0.39 is 0 Å². The smallest absolute Gasteiger partial charge is 0.266 e. The lowest BCUT2D eigenvalue weighted by Gasteiger charge is -2.07. The van der Waals surface area contributed by atoms with Crippen LogP contribution in [-0.2, 0) is 11.2 Å². The molecule has 3 nitrogen and oxygen atoms in total. The maximum atomic E-state index is 12.4. The van der Waals surface area contributed by atoms with E-state index in [1.165, 1.54) is 17.3 Å². The molecule has 0 radical (unpaired) electrons. The van der Waals surface area contributed by atoms with Gasteiger partial charge in [0.25, 0.3) is 5.91 Å². The highest BCUT2D eigenvalue weighted by Gasteiger charge is 2.30. The Morgan fingerprint density at radius 3 is 2.43 bits per heavy atom. The number of carbonyl (C=O) groups excluding carboxylic acids is 1. The summed E-state index contributed by atoms with van der Waals surface area (Å²) in [6, 6.07) is 18.0. The zero-order valence-electron chi connectivity index (χ0n) is 13.2. The number of aliphatic imine (C=N–C) groups is 1. The summed E-state index contributed by atoms with van der Waals surface area (Å²) >= 11 is 1.41. The Labute approximate surface area is 140 Å². The Morgan fingerprint density at radius 2 is 1.78 bits per heavy atom. The summed E-state index contributed by atoms with van der Waals surface area (Å²) in [4.78, 5) is 19.3. The Hall–Kier alpha value is -2.33. The van der Waals surface area contributed by atoms with Crippen molar-refractivity contribution in [3.8, 4) is 0 Å². The zero-order chi connectivity index (χ0) is 16.2. The third-order valence-corrected chi connectivity index (χ3v) is 4.73. The number of likely N-dealkylation sites (N-methyl/N-ethyl adjacent to an activating group) is 1. The number of benzene rings is 2. The van der Waals surface area contributed by atoms with E-state index in [2.05, 4.69) is 24.0 Å². The van der Waals surface area contributed by atoms with E-state index >= 15 is 0 Å². The Balaban J connectivity index is 1.85. The number of amidine groups is 1. The average molecular weight is 322 g/mol. The van der Waals surface area contributed by atoms with Gasteiger partial charge in [0, 0.05) is 7.05 Å². The molecule has 0 bridgehead atoms. The first-order valence-electron chi connectivity index (χ1n) is 7.57. The number of carbonyl (C=O) groups is 1. The van der Waals surface area contributed by atoms with Crippen molar-refractivity contribution < 1.29 is 4.79 Å². The summed E-state index contributed by atoms with van der Waals surface area (Å²) in [5.74, 6) is -0.0113. The topological polar surface area (TPSA) is 32.7 Å². The highest BCUT2D eigenvalue weighted by atomic mass is 32.2. The van der Waals surface area contributed by atoms with Crippen LogP contribution in [0.1, 0.15) is 18.1 Å². The molecule has 1 heterocycles. The molecule has 0 spiro atoms. The first-order chi connectivity index (χ1) is 11.2. The van der Waals surface area contributed by atoms with Crippen LogP contribution in [-0.4, -0.2) is 23.0 Å². The molecule has 0 N–H and O–H groups in total. The number of thioether (sulfide) groups is 1. The highest BCUT2D eigenvalue weighted by Crippen LogP contribution is 2.33. The van der Waals surface area contributed by atoms with Crippen LogP contribution in [0.25, 0.3) is 6.08 Å². The molecule has 1 aliphatic heterocycles. The summed E-state index contributed by atoms with van der Waals surface area (Å²) in [5, 5.41) is 0.710. The largest absolute Gasteiger partial charge is 0.290 e. The molecule has 1 aliphatic rings. The number of amides is 1. The van der Waals surface area contributed by atoms with E-state index in [0.29, 0.717) is 10.1 Å². The van der Waals surface area contributed by atoms with E-state index in [1.54, 1.807) is 11.9 Å². The van der Waals surface area contributed by atoms with Gasteiger partial charge in [-0.25, -0.2) is 4.99 Å². The molecule has 4 heteroatoms. The Kier molecular flexibility index (Phi) is 4.63. The van der Waals surface area contributed by atoms with E-state index in [9.17, 15) is 4.79 Å². The molecule has 1 fully saturated rings. The van der Waals surface area contributed by atoms with Gasteiger partial charge in [-0.05, 0) is 47.5 Å². The minimum Gasteiger partial charge on any atom is -0.290 e. The second-order valence-electron chi connectivity index (χ2n) is 5.30. The molecule has 0 aliphatic carbocycles. The maximum Gasteiger partial charge on any atom is 0.266 e. The van der Waals surface area contributed by atoms with Crippen molar-refractivity contribution in [1.29, 1.82) is 0 Å². The van der Waals surface area contributed by atoms with Gasteiger partial charge in [0.2, 0.25) is 0 Å². The van der Waals surface area contributed by atoms with Crippen LogP contribution in [0.3, 0.4) is 0 Å². The third-order valence-electron chi connectivity index (χ3n) is 3.67. The molecule has 0 aromatic heterocycles. The van der Waals surface area contributed by atoms with Crippen LogP contribution in [0, 0.1) is 0 Å². The normalized spacial score (nSPS) is 18.2. The van der Waals surface area contributed by atoms with Crippen molar-refractivity contribution in [2.24, 2.45) is 4.99 Å². The summed E-state index contributed by atoms with van der Waals surface area (Å²) < 4.78 is 0. The fourth-order valence-corrected chi connectivity index (χ4v) is 3.26. The van der Waals surface area contributed by atoms with Crippen LogP contribution in [0.4, 0.5) is 5.69 Å². The first-order valence-corrected chi connectivity index (χ1v) is 8.39. The molecule has 1 amide bonds. The summed E-state index contributed by atoms with van der Waals surface area (Å²) in [6.45, 7) is 2.13. The van der Waals surface area contributed by atoms with Crippen molar-refractivity contribution >= 4 is 34.6 Å². The molecule has 0 atom stereocenters. The van der Waals surface area contributed by atoms with Gasteiger partial charge in [0.1, 0.15) is 0 Å². The predicted molar refractivity (Wildman–Crippen MR) is 97.7 cm³/mol. The fraction of sp³-hybridized carbons (Fsp3) is 0.158. The minimum atomic E-state index is -0.0113. The molecule has 116 valence electrons. The molecule has 1 saturated heterocycles. The monoisotopic (exact) mass is 322 g/mol. The van der Waals surface area contributed by atoms with Crippen molar-refractivity contribution in [3.63, 3.8) is 0 Å².